The van der Waals surface area contributed by atoms with Crippen LogP contribution in [0.3, 0.4) is 0 Å². The van der Waals surface area contributed by atoms with Crippen LogP contribution in [-0.2, 0) is 14.8 Å². The van der Waals surface area contributed by atoms with E-state index in [-0.39, 0.29) is 10.8 Å². The van der Waals surface area contributed by atoms with Crippen LogP contribution >= 0.6 is 0 Å². The number of benzene rings is 2. The summed E-state index contributed by atoms with van der Waals surface area (Å²) < 4.78 is 28.9. The maximum absolute atomic E-state index is 12.8. The first-order valence-corrected chi connectivity index (χ1v) is 13.0. The average Bonchev–Trinajstić information content (AvgIpc) is 3.16. The van der Waals surface area contributed by atoms with Crippen LogP contribution in [0, 0.1) is 13.8 Å². The van der Waals surface area contributed by atoms with Crippen molar-refractivity contribution in [2.45, 2.75) is 32.1 Å². The first kappa shape index (κ1) is 24.3. The molecule has 2 heterocycles. The highest BCUT2D eigenvalue weighted by Gasteiger charge is 2.21. The number of rotatable bonds is 6. The van der Waals surface area contributed by atoms with Crippen molar-refractivity contribution in [1.29, 1.82) is 0 Å². The van der Waals surface area contributed by atoms with Crippen molar-refractivity contribution in [1.82, 2.24) is 14.2 Å². The number of fused-ring (bicyclic) bond motifs is 1. The van der Waals surface area contributed by atoms with Gasteiger partial charge in [-0.05, 0) is 49.2 Å². The van der Waals surface area contributed by atoms with Gasteiger partial charge in [0.25, 0.3) is 0 Å². The number of hydrogen-bond acceptors (Lipinski definition) is 5. The third-order valence-electron chi connectivity index (χ3n) is 6.46. The fourth-order valence-electron chi connectivity index (χ4n) is 4.36. The normalized spacial score (nSPS) is 14.7. The molecule has 8 nitrogen and oxygen atoms in total. The van der Waals surface area contributed by atoms with Crippen LogP contribution in [0.1, 0.15) is 24.5 Å². The van der Waals surface area contributed by atoms with Crippen LogP contribution in [0.15, 0.2) is 41.4 Å². The van der Waals surface area contributed by atoms with E-state index in [1.54, 1.807) is 12.1 Å². The Morgan fingerprint density at radius 2 is 1.82 bits per heavy atom. The second-order valence-electron chi connectivity index (χ2n) is 8.92. The molecule has 2 N–H and O–H groups in total. The molecule has 3 aromatic rings. The summed E-state index contributed by atoms with van der Waals surface area (Å²) in [5.74, 6) is -0.0422. The van der Waals surface area contributed by atoms with E-state index in [0.29, 0.717) is 6.42 Å². The summed E-state index contributed by atoms with van der Waals surface area (Å²) in [6.45, 7) is 9.40. The van der Waals surface area contributed by atoms with Gasteiger partial charge in [-0.2, -0.15) is 0 Å². The quantitative estimate of drug-likeness (QED) is 0.562. The molecule has 34 heavy (non-hydrogen) atoms. The zero-order valence-electron chi connectivity index (χ0n) is 20.5. The highest BCUT2D eigenvalue weighted by molar-refractivity contribution is 7.89. The minimum absolute atomic E-state index is 0.0422. The van der Waals surface area contributed by atoms with Crippen LogP contribution in [0.5, 0.6) is 0 Å². The predicted molar refractivity (Wildman–Crippen MR) is 138 cm³/mol. The number of anilines is 2. The Morgan fingerprint density at radius 1 is 1.12 bits per heavy atom. The van der Waals surface area contributed by atoms with E-state index in [0.717, 1.165) is 65.3 Å². The van der Waals surface area contributed by atoms with Gasteiger partial charge in [-0.3, -0.25) is 4.79 Å². The maximum Gasteiger partial charge on any atom is 0.242 e. The Labute approximate surface area is 201 Å². The van der Waals surface area contributed by atoms with Crippen LogP contribution < -0.4 is 15.5 Å². The Kier molecular flexibility index (Phi) is 6.71. The number of piperazine rings is 1. The summed E-state index contributed by atoms with van der Waals surface area (Å²) in [7, 11) is -0.502. The van der Waals surface area contributed by atoms with Crippen LogP contribution in [0.2, 0.25) is 0 Å². The second-order valence-corrected chi connectivity index (χ2v) is 11.1. The molecule has 1 amide bonds. The molecular formula is C25H33N5O3S. The first-order valence-electron chi connectivity index (χ1n) is 11.6. The molecule has 1 saturated heterocycles. The van der Waals surface area contributed by atoms with Gasteiger partial charge in [0.05, 0.1) is 16.1 Å². The van der Waals surface area contributed by atoms with Crippen molar-refractivity contribution < 1.29 is 13.2 Å². The lowest BCUT2D eigenvalue weighted by molar-refractivity contribution is -0.115. The van der Waals surface area contributed by atoms with Crippen molar-refractivity contribution in [2.75, 3.05) is 50.5 Å². The Hall–Kier alpha value is -2.88. The molecule has 0 bridgehead atoms. The van der Waals surface area contributed by atoms with E-state index in [2.05, 4.69) is 21.6 Å². The van der Waals surface area contributed by atoms with Crippen molar-refractivity contribution >= 4 is 38.2 Å². The molecular weight excluding hydrogens is 450 g/mol. The third kappa shape index (κ3) is 4.43. The van der Waals surface area contributed by atoms with Crippen LogP contribution in [-0.4, -0.2) is 63.5 Å². The molecule has 4 rings (SSSR count). The summed E-state index contributed by atoms with van der Waals surface area (Å²) in [5.41, 5.74) is 5.52. The van der Waals surface area contributed by atoms with E-state index in [4.69, 9.17) is 0 Å². The first-order chi connectivity index (χ1) is 16.1. The van der Waals surface area contributed by atoms with Gasteiger partial charge in [0.15, 0.2) is 0 Å². The van der Waals surface area contributed by atoms with Crippen molar-refractivity contribution in [3.63, 3.8) is 0 Å². The van der Waals surface area contributed by atoms with Crippen molar-refractivity contribution in [3.8, 4) is 5.69 Å². The highest BCUT2D eigenvalue weighted by atomic mass is 32.2. The SMILES string of the molecule is CCC(=O)Nc1cc(N2CCNCC2)cc(-n2cc(C)c3ccc(S(=O)(=O)N(C)C)cc32)c1C. The monoisotopic (exact) mass is 483 g/mol. The van der Waals surface area contributed by atoms with Gasteiger partial charge < -0.3 is 20.1 Å². The molecule has 9 heteroatoms. The van der Waals surface area contributed by atoms with Crippen molar-refractivity contribution in [2.24, 2.45) is 0 Å². The molecule has 0 aliphatic carbocycles. The average molecular weight is 484 g/mol. The lowest BCUT2D eigenvalue weighted by Gasteiger charge is -2.31. The number of amides is 1. The predicted octanol–water partition coefficient (Wildman–Crippen LogP) is 3.26. The smallest absolute Gasteiger partial charge is 0.242 e. The fraction of sp³-hybridized carbons (Fsp3) is 0.400. The number of nitrogens with one attached hydrogen (secondary N) is 2. The number of aromatic nitrogens is 1. The Bertz CT molecular complexity index is 1340. The maximum atomic E-state index is 12.8. The van der Waals surface area contributed by atoms with E-state index in [1.165, 1.54) is 18.4 Å². The molecule has 1 aliphatic heterocycles. The van der Waals surface area contributed by atoms with Gasteiger partial charge in [0.1, 0.15) is 0 Å². The lowest BCUT2D eigenvalue weighted by atomic mass is 10.1. The highest BCUT2D eigenvalue weighted by Crippen LogP contribution is 2.34. The molecule has 1 aliphatic rings. The number of nitrogens with zero attached hydrogens (tertiary/aromatic N) is 3. The summed E-state index contributed by atoms with van der Waals surface area (Å²) >= 11 is 0. The third-order valence-corrected chi connectivity index (χ3v) is 8.27. The summed E-state index contributed by atoms with van der Waals surface area (Å²) in [4.78, 5) is 14.8. The minimum Gasteiger partial charge on any atom is -0.369 e. The Balaban J connectivity index is 1.94. The fourth-order valence-corrected chi connectivity index (χ4v) is 5.28. The molecule has 2 aromatic carbocycles. The molecule has 0 unspecified atom stereocenters. The van der Waals surface area contributed by atoms with Gasteiger partial charge >= 0.3 is 0 Å². The van der Waals surface area contributed by atoms with Gasteiger partial charge in [-0.1, -0.05) is 13.0 Å². The molecule has 0 atom stereocenters. The molecule has 1 aromatic heterocycles. The molecule has 0 radical (unpaired) electrons. The number of aryl methyl sites for hydroxylation is 1. The summed E-state index contributed by atoms with van der Waals surface area (Å²) in [5, 5.41) is 7.43. The van der Waals surface area contributed by atoms with E-state index in [1.807, 2.05) is 43.7 Å². The summed E-state index contributed by atoms with van der Waals surface area (Å²) in [6.07, 6.45) is 2.43. The van der Waals surface area contributed by atoms with Gasteiger partial charge in [0, 0.05) is 69.7 Å². The second kappa shape index (κ2) is 9.40. The lowest BCUT2D eigenvalue weighted by Crippen LogP contribution is -2.43. The topological polar surface area (TPSA) is 86.7 Å². The zero-order chi connectivity index (χ0) is 24.6. The molecule has 0 saturated carbocycles. The van der Waals surface area contributed by atoms with Crippen LogP contribution in [0.25, 0.3) is 16.6 Å². The van der Waals surface area contributed by atoms with E-state index < -0.39 is 10.0 Å². The van der Waals surface area contributed by atoms with Gasteiger partial charge in [-0.15, -0.1) is 0 Å². The molecule has 182 valence electrons. The largest absolute Gasteiger partial charge is 0.369 e. The van der Waals surface area contributed by atoms with Crippen LogP contribution in [0.4, 0.5) is 11.4 Å². The number of sulfonamides is 1. The number of hydrogen-bond donors (Lipinski definition) is 2. The van der Waals surface area contributed by atoms with Gasteiger partial charge in [-0.25, -0.2) is 12.7 Å². The zero-order valence-corrected chi connectivity index (χ0v) is 21.3. The van der Waals surface area contributed by atoms with Crippen molar-refractivity contribution in [3.05, 3.63) is 47.7 Å². The number of carbonyl (C=O) groups excluding carboxylic acids is 1. The van der Waals surface area contributed by atoms with E-state index in [9.17, 15) is 13.2 Å². The summed E-state index contributed by atoms with van der Waals surface area (Å²) in [6, 6.07) is 9.43. The standard InChI is InChI=1S/C25H33N5O3S/c1-6-25(31)27-22-13-19(29-11-9-26-10-12-29)14-23(18(22)3)30-16-17(2)21-8-7-20(15-24(21)30)34(32,33)28(4)5/h7-8,13-16,26H,6,9-12H2,1-5H3,(H,27,31). The van der Waals surface area contributed by atoms with Gasteiger partial charge in [0.2, 0.25) is 15.9 Å². The van der Waals surface area contributed by atoms with E-state index >= 15 is 0 Å². The minimum atomic E-state index is -3.57. The number of carbonyl (C=O) groups is 1. The molecule has 1 fully saturated rings. The molecule has 0 spiro atoms. The Morgan fingerprint density at radius 3 is 2.47 bits per heavy atom.